The Kier molecular flexibility index (Phi) is 4.32. The van der Waals surface area contributed by atoms with E-state index in [1.807, 2.05) is 42.3 Å². The Labute approximate surface area is 113 Å². The second kappa shape index (κ2) is 5.97. The molecule has 1 saturated heterocycles. The molecule has 0 saturated carbocycles. The first-order valence-corrected chi connectivity index (χ1v) is 6.57. The van der Waals surface area contributed by atoms with Gasteiger partial charge in [0.2, 0.25) is 0 Å². The number of carbonyl (C=O) groups excluding carboxylic acids is 2. The molecule has 1 heterocycles. The molecule has 1 fully saturated rings. The first-order valence-electron chi connectivity index (χ1n) is 6.57. The zero-order chi connectivity index (χ0) is 13.8. The molecule has 102 valence electrons. The Bertz CT molecular complexity index is 458. The van der Waals surface area contributed by atoms with Gasteiger partial charge in [0.25, 0.3) is 0 Å². The lowest BCUT2D eigenvalue weighted by Crippen LogP contribution is -2.47. The number of hydrogen-bond acceptors (Lipinski definition) is 4. The second-order valence-electron chi connectivity index (χ2n) is 4.89. The Balaban J connectivity index is 2.21. The van der Waals surface area contributed by atoms with Crippen LogP contribution in [0.15, 0.2) is 30.3 Å². The van der Waals surface area contributed by atoms with Gasteiger partial charge in [0.1, 0.15) is 5.92 Å². The molecule has 1 aromatic rings. The van der Waals surface area contributed by atoms with Crippen molar-refractivity contribution >= 4 is 11.8 Å². The van der Waals surface area contributed by atoms with Gasteiger partial charge in [-0.1, -0.05) is 30.3 Å². The number of likely N-dealkylation sites (N-methyl/N-ethyl adjacent to an activating group) is 1. The van der Waals surface area contributed by atoms with Crippen LogP contribution in [0.2, 0.25) is 0 Å². The normalized spacial score (nSPS) is 24.2. The van der Waals surface area contributed by atoms with E-state index in [1.54, 1.807) is 6.92 Å². The molecule has 4 heteroatoms. The first kappa shape index (κ1) is 13.7. The molecule has 1 aromatic carbocycles. The Hall–Kier alpha value is -1.68. The van der Waals surface area contributed by atoms with Crippen molar-refractivity contribution in [2.75, 3.05) is 26.7 Å². The first-order chi connectivity index (χ1) is 9.13. The highest BCUT2D eigenvalue weighted by Gasteiger charge is 2.39. The fourth-order valence-electron chi connectivity index (χ4n) is 2.51. The zero-order valence-corrected chi connectivity index (χ0v) is 11.3. The molecule has 0 N–H and O–H groups in total. The average Bonchev–Trinajstić information content (AvgIpc) is 2.42. The number of Topliss-reactive ketones (excluding diaryl/α,β-unsaturated/α-hetero) is 1. The van der Waals surface area contributed by atoms with Crippen molar-refractivity contribution in [3.63, 3.8) is 0 Å². The van der Waals surface area contributed by atoms with E-state index in [4.69, 9.17) is 4.74 Å². The van der Waals surface area contributed by atoms with E-state index < -0.39 is 11.9 Å². The summed E-state index contributed by atoms with van der Waals surface area (Å²) in [6, 6.07) is 9.62. The van der Waals surface area contributed by atoms with Crippen molar-refractivity contribution in [2.45, 2.75) is 12.8 Å². The predicted octanol–water partition coefficient (Wildman–Crippen LogP) is 1.46. The lowest BCUT2D eigenvalue weighted by Gasteiger charge is -2.33. The standard InChI is InChI=1S/C15H19NO3/c1-3-19-15(18)13-10-16(2)9-12(14(13)17)11-7-5-4-6-8-11/h4-8,12-13H,3,9-10H2,1-2H3/t12-,13-/m0/s1. The molecule has 0 spiro atoms. The summed E-state index contributed by atoms with van der Waals surface area (Å²) in [6.45, 7) is 3.16. The van der Waals surface area contributed by atoms with E-state index in [-0.39, 0.29) is 11.7 Å². The number of benzene rings is 1. The molecular formula is C15H19NO3. The van der Waals surface area contributed by atoms with E-state index in [9.17, 15) is 9.59 Å². The summed E-state index contributed by atoms with van der Waals surface area (Å²) in [5.74, 6) is -1.33. The van der Waals surface area contributed by atoms with Crippen molar-refractivity contribution in [1.29, 1.82) is 0 Å². The quantitative estimate of drug-likeness (QED) is 0.610. The maximum absolute atomic E-state index is 12.5. The van der Waals surface area contributed by atoms with Gasteiger partial charge in [-0.3, -0.25) is 9.59 Å². The van der Waals surface area contributed by atoms with Crippen molar-refractivity contribution < 1.29 is 14.3 Å². The Morgan fingerprint density at radius 2 is 2.00 bits per heavy atom. The molecule has 2 rings (SSSR count). The zero-order valence-electron chi connectivity index (χ0n) is 11.3. The number of nitrogens with zero attached hydrogens (tertiary/aromatic N) is 1. The van der Waals surface area contributed by atoms with Crippen LogP contribution < -0.4 is 0 Å². The molecular weight excluding hydrogens is 242 g/mol. The number of likely N-dealkylation sites (tertiary alicyclic amines) is 1. The second-order valence-corrected chi connectivity index (χ2v) is 4.89. The lowest BCUT2D eigenvalue weighted by molar-refractivity contribution is -0.154. The molecule has 1 aliphatic heterocycles. The number of ether oxygens (including phenoxy) is 1. The van der Waals surface area contributed by atoms with Crippen LogP contribution in [-0.2, 0) is 14.3 Å². The highest BCUT2D eigenvalue weighted by Crippen LogP contribution is 2.27. The van der Waals surface area contributed by atoms with Gasteiger partial charge in [-0.05, 0) is 19.5 Å². The SMILES string of the molecule is CCOC(=O)[C@H]1CN(C)C[C@@H](c2ccccc2)C1=O. The molecule has 2 atom stereocenters. The topological polar surface area (TPSA) is 46.6 Å². The van der Waals surface area contributed by atoms with Gasteiger partial charge in [0.15, 0.2) is 5.78 Å². The van der Waals surface area contributed by atoms with Crippen LogP contribution in [0, 0.1) is 5.92 Å². The van der Waals surface area contributed by atoms with E-state index in [0.717, 1.165) is 5.56 Å². The van der Waals surface area contributed by atoms with E-state index >= 15 is 0 Å². The third kappa shape index (κ3) is 3.01. The maximum atomic E-state index is 12.5. The summed E-state index contributed by atoms with van der Waals surface area (Å²) in [7, 11) is 1.93. The van der Waals surface area contributed by atoms with E-state index in [0.29, 0.717) is 19.7 Å². The summed E-state index contributed by atoms with van der Waals surface area (Å²) in [6.07, 6.45) is 0. The molecule has 19 heavy (non-hydrogen) atoms. The van der Waals surface area contributed by atoms with Crippen LogP contribution in [0.5, 0.6) is 0 Å². The number of carbonyl (C=O) groups is 2. The van der Waals surface area contributed by atoms with Gasteiger partial charge in [-0.2, -0.15) is 0 Å². The van der Waals surface area contributed by atoms with Crippen LogP contribution in [0.4, 0.5) is 0 Å². The fraction of sp³-hybridized carbons (Fsp3) is 0.467. The Morgan fingerprint density at radius 3 is 2.63 bits per heavy atom. The molecule has 0 aliphatic carbocycles. The summed E-state index contributed by atoms with van der Waals surface area (Å²) >= 11 is 0. The van der Waals surface area contributed by atoms with Crippen LogP contribution in [0.25, 0.3) is 0 Å². The monoisotopic (exact) mass is 261 g/mol. The average molecular weight is 261 g/mol. The fourth-order valence-corrected chi connectivity index (χ4v) is 2.51. The molecule has 0 amide bonds. The number of hydrogen-bond donors (Lipinski definition) is 0. The molecule has 0 unspecified atom stereocenters. The smallest absolute Gasteiger partial charge is 0.317 e. The van der Waals surface area contributed by atoms with Crippen LogP contribution in [0.3, 0.4) is 0 Å². The van der Waals surface area contributed by atoms with Crippen molar-refractivity contribution in [2.24, 2.45) is 5.92 Å². The van der Waals surface area contributed by atoms with Crippen molar-refractivity contribution in [3.8, 4) is 0 Å². The molecule has 0 aromatic heterocycles. The van der Waals surface area contributed by atoms with Gasteiger partial charge in [-0.25, -0.2) is 0 Å². The number of ketones is 1. The highest BCUT2D eigenvalue weighted by atomic mass is 16.5. The minimum Gasteiger partial charge on any atom is -0.465 e. The largest absolute Gasteiger partial charge is 0.465 e. The number of piperidine rings is 1. The summed E-state index contributed by atoms with van der Waals surface area (Å²) in [5.41, 5.74) is 0.966. The minimum atomic E-state index is -0.663. The van der Waals surface area contributed by atoms with Gasteiger partial charge >= 0.3 is 5.97 Å². The molecule has 4 nitrogen and oxygen atoms in total. The van der Waals surface area contributed by atoms with E-state index in [1.165, 1.54) is 0 Å². The van der Waals surface area contributed by atoms with Gasteiger partial charge in [-0.15, -0.1) is 0 Å². The summed E-state index contributed by atoms with van der Waals surface area (Å²) in [5, 5.41) is 0. The Morgan fingerprint density at radius 1 is 1.32 bits per heavy atom. The van der Waals surface area contributed by atoms with Crippen molar-refractivity contribution in [3.05, 3.63) is 35.9 Å². The number of esters is 1. The van der Waals surface area contributed by atoms with E-state index in [2.05, 4.69) is 0 Å². The minimum absolute atomic E-state index is 0.0252. The van der Waals surface area contributed by atoms with Gasteiger partial charge < -0.3 is 9.64 Å². The third-order valence-corrected chi connectivity index (χ3v) is 3.45. The van der Waals surface area contributed by atoms with Crippen LogP contribution in [0.1, 0.15) is 18.4 Å². The van der Waals surface area contributed by atoms with Crippen LogP contribution >= 0.6 is 0 Å². The highest BCUT2D eigenvalue weighted by molar-refractivity contribution is 6.03. The third-order valence-electron chi connectivity index (χ3n) is 3.45. The van der Waals surface area contributed by atoms with Crippen molar-refractivity contribution in [1.82, 2.24) is 4.90 Å². The summed E-state index contributed by atoms with van der Waals surface area (Å²) < 4.78 is 5.00. The molecule has 0 radical (unpaired) electrons. The summed E-state index contributed by atoms with van der Waals surface area (Å²) in [4.78, 5) is 26.3. The molecule has 1 aliphatic rings. The van der Waals surface area contributed by atoms with Gasteiger partial charge in [0.05, 0.1) is 12.5 Å². The predicted molar refractivity (Wildman–Crippen MR) is 71.8 cm³/mol. The maximum Gasteiger partial charge on any atom is 0.317 e. The molecule has 0 bridgehead atoms. The number of rotatable bonds is 3. The lowest BCUT2D eigenvalue weighted by atomic mass is 9.83. The van der Waals surface area contributed by atoms with Gasteiger partial charge in [0, 0.05) is 13.1 Å². The van der Waals surface area contributed by atoms with Crippen LogP contribution in [-0.4, -0.2) is 43.4 Å².